The summed E-state index contributed by atoms with van der Waals surface area (Å²) in [7, 11) is 11.3. The van der Waals surface area contributed by atoms with Crippen LogP contribution in [0.5, 0.6) is 0 Å². The van der Waals surface area contributed by atoms with Gasteiger partial charge in [-0.15, -0.1) is 16.4 Å². The average Bonchev–Trinajstić information content (AvgIpc) is 3.58. The van der Waals surface area contributed by atoms with Gasteiger partial charge in [-0.3, -0.25) is 4.57 Å². The highest BCUT2D eigenvalue weighted by molar-refractivity contribution is 6.68. The van der Waals surface area contributed by atoms with Crippen LogP contribution in [0.25, 0.3) is 83.0 Å². The molecule has 0 radical (unpaired) electrons. The molecule has 240 valence electrons. The fraction of sp³-hybridized carbons (Fsp3) is 0. The second kappa shape index (κ2) is 12.7. The summed E-state index contributed by atoms with van der Waals surface area (Å²) in [5.41, 5.74) is 18.6. The molecule has 0 amide bonds. The Morgan fingerprint density at radius 3 is 1.50 bits per heavy atom. The summed E-state index contributed by atoms with van der Waals surface area (Å²) in [4.78, 5) is 5.30. The van der Waals surface area contributed by atoms with Crippen molar-refractivity contribution >= 4 is 99.1 Å². The van der Waals surface area contributed by atoms with Gasteiger partial charge in [0, 0.05) is 11.3 Å². The molecule has 0 spiro atoms. The highest BCUT2D eigenvalue weighted by atomic mass is 15.1. The Labute approximate surface area is 309 Å². The van der Waals surface area contributed by atoms with E-state index in [4.69, 9.17) is 4.98 Å². The Bertz CT molecular complexity index is 2770. The van der Waals surface area contributed by atoms with Gasteiger partial charge in [-0.1, -0.05) is 132 Å². The zero-order valence-corrected chi connectivity index (χ0v) is 30.3. The van der Waals surface area contributed by atoms with E-state index >= 15 is 0 Å². The van der Waals surface area contributed by atoms with Crippen molar-refractivity contribution in [2.24, 2.45) is 0 Å². The highest BCUT2D eigenvalue weighted by Crippen LogP contribution is 2.46. The molecule has 1 heterocycles. The number of benzene rings is 8. The van der Waals surface area contributed by atoms with Crippen LogP contribution in [0.4, 0.5) is 0 Å². The number of rotatable bonds is 5. The van der Waals surface area contributed by atoms with Gasteiger partial charge in [-0.2, -0.15) is 0 Å². The topological polar surface area (TPSA) is 17.8 Å². The van der Waals surface area contributed by atoms with Gasteiger partial charge in [0.25, 0.3) is 0 Å². The standard InChI is InChI=1S/C45H35B5N2/c46-40-38(41(47)43(49)44(50)42(40)48)27-14-12-13-26(25-27)37-29-17-4-6-19-31(29)39(32-20-7-5-18-30(32)37)33-21-8-9-22-34(33)45-51-35-23-10-11-24-36(35)52(45)28-15-2-1-3-16-28/h1-25H,46-50H2. The largest absolute Gasteiger partial charge is 0.292 e. The van der Waals surface area contributed by atoms with Crippen LogP contribution in [-0.2, 0) is 0 Å². The Kier molecular flexibility index (Phi) is 7.81. The molecule has 9 rings (SSSR count). The molecule has 0 saturated heterocycles. The lowest BCUT2D eigenvalue weighted by Gasteiger charge is -2.22. The Morgan fingerprint density at radius 2 is 0.865 bits per heavy atom. The van der Waals surface area contributed by atoms with Crippen molar-refractivity contribution in [3.63, 3.8) is 0 Å². The summed E-state index contributed by atoms with van der Waals surface area (Å²) >= 11 is 0. The quantitative estimate of drug-likeness (QED) is 0.205. The summed E-state index contributed by atoms with van der Waals surface area (Å²) in [5, 5.41) is 4.94. The van der Waals surface area contributed by atoms with Crippen molar-refractivity contribution in [3.05, 3.63) is 152 Å². The third-order valence-corrected chi connectivity index (χ3v) is 11.4. The molecule has 0 fully saturated rings. The Hall–Kier alpha value is -5.93. The minimum absolute atomic E-state index is 0.933. The third kappa shape index (κ3) is 4.99. The predicted octanol–water partition coefficient (Wildman–Crippen LogP) is 3.29. The van der Waals surface area contributed by atoms with Crippen LogP contribution >= 0.6 is 0 Å². The highest BCUT2D eigenvalue weighted by Gasteiger charge is 2.22. The van der Waals surface area contributed by atoms with E-state index in [9.17, 15) is 0 Å². The van der Waals surface area contributed by atoms with Gasteiger partial charge < -0.3 is 0 Å². The number of hydrogen-bond donors (Lipinski definition) is 0. The lowest BCUT2D eigenvalue weighted by atomic mass is 9.59. The van der Waals surface area contributed by atoms with Gasteiger partial charge in [0.2, 0.25) is 0 Å². The van der Waals surface area contributed by atoms with E-state index in [0.29, 0.717) is 0 Å². The van der Waals surface area contributed by atoms with E-state index < -0.39 is 0 Å². The second-order valence-corrected chi connectivity index (χ2v) is 14.1. The normalized spacial score (nSPS) is 11.5. The van der Waals surface area contributed by atoms with Crippen molar-refractivity contribution in [2.75, 3.05) is 0 Å². The molecular formula is C45H35B5N2. The van der Waals surface area contributed by atoms with Crippen LogP contribution in [0.2, 0.25) is 0 Å². The molecule has 0 saturated carbocycles. The molecule has 0 unspecified atom stereocenters. The molecule has 1 aromatic heterocycles. The number of hydrogen-bond acceptors (Lipinski definition) is 1. The second-order valence-electron chi connectivity index (χ2n) is 14.1. The van der Waals surface area contributed by atoms with E-state index in [1.165, 1.54) is 82.2 Å². The lowest BCUT2D eigenvalue weighted by Crippen LogP contribution is -2.55. The van der Waals surface area contributed by atoms with Crippen molar-refractivity contribution < 1.29 is 0 Å². The van der Waals surface area contributed by atoms with Gasteiger partial charge >= 0.3 is 0 Å². The lowest BCUT2D eigenvalue weighted by molar-refractivity contribution is 1.10. The monoisotopic (exact) mass is 658 g/mol. The molecule has 0 bridgehead atoms. The smallest absolute Gasteiger partial charge is 0.146 e. The number of aromatic nitrogens is 2. The molecular weight excluding hydrogens is 623 g/mol. The first-order valence-electron chi connectivity index (χ1n) is 18.2. The number of para-hydroxylation sites is 3. The SMILES string of the molecule is Bc1c(B)c(B)c(-c2cccc(-c3c4ccccc4c(-c4ccccc4-c4nc5ccccc5n4-c4ccccc4)c4ccccc34)c2)c(B)c1B. The van der Waals surface area contributed by atoms with Gasteiger partial charge in [-0.05, 0) is 85.3 Å². The summed E-state index contributed by atoms with van der Waals surface area (Å²) in [5.74, 6) is 0.933. The molecule has 8 aromatic carbocycles. The Balaban J connectivity index is 1.33. The molecule has 9 aromatic rings. The van der Waals surface area contributed by atoms with Crippen LogP contribution in [0, 0.1) is 0 Å². The maximum absolute atomic E-state index is 5.30. The molecule has 2 nitrogen and oxygen atoms in total. The van der Waals surface area contributed by atoms with Gasteiger partial charge in [0.05, 0.1) is 11.0 Å². The molecule has 7 heteroatoms. The fourth-order valence-corrected chi connectivity index (χ4v) is 8.43. The summed E-state index contributed by atoms with van der Waals surface area (Å²) in [6.45, 7) is 0. The molecule has 0 aliphatic rings. The average molecular weight is 658 g/mol. The summed E-state index contributed by atoms with van der Waals surface area (Å²) in [6, 6.07) is 54.9. The number of fused-ring (bicyclic) bond motifs is 3. The van der Waals surface area contributed by atoms with E-state index in [2.05, 4.69) is 195 Å². The number of imidazole rings is 1. The van der Waals surface area contributed by atoms with Crippen LogP contribution in [-0.4, -0.2) is 48.8 Å². The van der Waals surface area contributed by atoms with Crippen molar-refractivity contribution in [3.8, 4) is 50.5 Å². The predicted molar refractivity (Wildman–Crippen MR) is 239 cm³/mol. The molecule has 0 N–H and O–H groups in total. The zero-order valence-electron chi connectivity index (χ0n) is 30.3. The van der Waals surface area contributed by atoms with Crippen molar-refractivity contribution in [1.82, 2.24) is 9.55 Å². The maximum atomic E-state index is 5.30. The van der Waals surface area contributed by atoms with Gasteiger partial charge in [0.1, 0.15) is 45.1 Å². The van der Waals surface area contributed by atoms with E-state index in [0.717, 1.165) is 28.1 Å². The van der Waals surface area contributed by atoms with Crippen LogP contribution in [0.1, 0.15) is 0 Å². The van der Waals surface area contributed by atoms with Gasteiger partial charge in [0.15, 0.2) is 0 Å². The first-order valence-corrected chi connectivity index (χ1v) is 18.2. The first-order chi connectivity index (χ1) is 25.4. The third-order valence-electron chi connectivity index (χ3n) is 11.4. The maximum Gasteiger partial charge on any atom is 0.146 e. The van der Waals surface area contributed by atoms with Crippen LogP contribution < -0.4 is 27.3 Å². The Morgan fingerprint density at radius 1 is 0.385 bits per heavy atom. The molecule has 52 heavy (non-hydrogen) atoms. The van der Waals surface area contributed by atoms with E-state index in [1.54, 1.807) is 0 Å². The fourth-order valence-electron chi connectivity index (χ4n) is 8.43. The summed E-state index contributed by atoms with van der Waals surface area (Å²) in [6.07, 6.45) is 0. The molecule has 0 aliphatic heterocycles. The minimum Gasteiger partial charge on any atom is -0.292 e. The van der Waals surface area contributed by atoms with Gasteiger partial charge in [-0.25, -0.2) is 4.98 Å². The first kappa shape index (κ1) is 32.0. The molecule has 0 aliphatic carbocycles. The van der Waals surface area contributed by atoms with Crippen LogP contribution in [0.15, 0.2) is 152 Å². The minimum atomic E-state index is 0.933. The van der Waals surface area contributed by atoms with Crippen molar-refractivity contribution in [2.45, 2.75) is 0 Å². The zero-order chi connectivity index (χ0) is 35.5. The van der Waals surface area contributed by atoms with E-state index in [1.807, 2.05) is 0 Å². The molecule has 0 atom stereocenters. The van der Waals surface area contributed by atoms with Crippen molar-refractivity contribution in [1.29, 1.82) is 0 Å². The number of nitrogens with zero attached hydrogens (tertiary/aromatic N) is 2. The van der Waals surface area contributed by atoms with E-state index in [-0.39, 0.29) is 0 Å². The van der Waals surface area contributed by atoms with Crippen LogP contribution in [0.3, 0.4) is 0 Å². The summed E-state index contributed by atoms with van der Waals surface area (Å²) < 4.78 is 2.30.